The number of hydrogen-bond donors (Lipinski definition) is 0. The van der Waals surface area contributed by atoms with E-state index in [-0.39, 0.29) is 12.0 Å². The van der Waals surface area contributed by atoms with Crippen LogP contribution in [0.25, 0.3) is 0 Å². The minimum absolute atomic E-state index is 0.0990. The van der Waals surface area contributed by atoms with Gasteiger partial charge in [0.1, 0.15) is 6.10 Å². The average Bonchev–Trinajstić information content (AvgIpc) is 2.04. The smallest absolute Gasteiger partial charge is 0.251 e. The summed E-state index contributed by atoms with van der Waals surface area (Å²) in [7, 11) is 3.54. The van der Waals surface area contributed by atoms with Crippen LogP contribution in [0.15, 0.2) is 0 Å². The predicted octanol–water partition coefficient (Wildman–Crippen LogP) is 0.890. The lowest BCUT2D eigenvalue weighted by atomic mass is 10.00. The molecule has 12 heavy (non-hydrogen) atoms. The maximum absolute atomic E-state index is 11.4. The van der Waals surface area contributed by atoms with Gasteiger partial charge in [0.2, 0.25) is 0 Å². The first kappa shape index (κ1) is 9.52. The highest BCUT2D eigenvalue weighted by atomic mass is 16.5. The van der Waals surface area contributed by atoms with Gasteiger partial charge in [-0.15, -0.1) is 0 Å². The molecule has 1 heterocycles. The van der Waals surface area contributed by atoms with Crippen molar-refractivity contribution < 1.29 is 9.53 Å². The second-order valence-corrected chi connectivity index (χ2v) is 3.74. The highest BCUT2D eigenvalue weighted by Crippen LogP contribution is 2.18. The highest BCUT2D eigenvalue weighted by molar-refractivity contribution is 5.80. The molecule has 0 aliphatic carbocycles. The highest BCUT2D eigenvalue weighted by Gasteiger charge is 2.25. The maximum atomic E-state index is 11.4. The number of ether oxygens (including phenoxy) is 1. The zero-order chi connectivity index (χ0) is 9.14. The number of likely N-dealkylation sites (N-methyl/N-ethyl adjacent to an activating group) is 1. The Kier molecular flexibility index (Phi) is 3.09. The van der Waals surface area contributed by atoms with Crippen LogP contribution in [-0.2, 0) is 9.53 Å². The van der Waals surface area contributed by atoms with Crippen molar-refractivity contribution in [3.05, 3.63) is 0 Å². The molecule has 1 fully saturated rings. The molecule has 0 bridgehead atoms. The zero-order valence-corrected chi connectivity index (χ0v) is 8.04. The van der Waals surface area contributed by atoms with Crippen LogP contribution in [0.1, 0.15) is 19.8 Å². The Morgan fingerprint density at radius 3 is 2.50 bits per heavy atom. The molecule has 0 N–H and O–H groups in total. The standard InChI is InChI=1S/C9H17NO2/c1-7-4-5-8(12-6-7)9(11)10(2)3/h7-8H,4-6H2,1-3H3. The first-order valence-corrected chi connectivity index (χ1v) is 4.44. The maximum Gasteiger partial charge on any atom is 0.251 e. The van der Waals surface area contributed by atoms with E-state index in [9.17, 15) is 4.79 Å². The molecule has 3 nitrogen and oxygen atoms in total. The van der Waals surface area contributed by atoms with Crippen molar-refractivity contribution in [1.29, 1.82) is 0 Å². The number of nitrogens with zero attached hydrogens (tertiary/aromatic N) is 1. The molecule has 1 rings (SSSR count). The molecule has 2 unspecified atom stereocenters. The van der Waals surface area contributed by atoms with Gasteiger partial charge >= 0.3 is 0 Å². The zero-order valence-electron chi connectivity index (χ0n) is 8.04. The summed E-state index contributed by atoms with van der Waals surface area (Å²) in [5.74, 6) is 0.707. The van der Waals surface area contributed by atoms with Crippen LogP contribution in [0.4, 0.5) is 0 Å². The lowest BCUT2D eigenvalue weighted by Gasteiger charge is -2.27. The third-order valence-electron chi connectivity index (χ3n) is 2.22. The Morgan fingerprint density at radius 2 is 2.08 bits per heavy atom. The fourth-order valence-corrected chi connectivity index (χ4v) is 1.37. The molecule has 0 spiro atoms. The van der Waals surface area contributed by atoms with Crippen LogP contribution in [0.5, 0.6) is 0 Å². The molecular weight excluding hydrogens is 154 g/mol. The van der Waals surface area contributed by atoms with Crippen LogP contribution in [0.2, 0.25) is 0 Å². The first-order valence-electron chi connectivity index (χ1n) is 4.44. The van der Waals surface area contributed by atoms with E-state index in [2.05, 4.69) is 6.92 Å². The van der Waals surface area contributed by atoms with Crippen LogP contribution in [0.3, 0.4) is 0 Å². The van der Waals surface area contributed by atoms with Crippen molar-refractivity contribution in [3.8, 4) is 0 Å². The molecule has 1 amide bonds. The molecule has 1 aliphatic heterocycles. The van der Waals surface area contributed by atoms with Crippen molar-refractivity contribution in [1.82, 2.24) is 4.90 Å². The van der Waals surface area contributed by atoms with E-state index in [4.69, 9.17) is 4.74 Å². The van der Waals surface area contributed by atoms with Gasteiger partial charge in [0, 0.05) is 14.1 Å². The van der Waals surface area contributed by atoms with Gasteiger partial charge < -0.3 is 9.64 Å². The van der Waals surface area contributed by atoms with Crippen molar-refractivity contribution in [3.63, 3.8) is 0 Å². The van der Waals surface area contributed by atoms with E-state index < -0.39 is 0 Å². The van der Waals surface area contributed by atoms with Gasteiger partial charge in [0.15, 0.2) is 0 Å². The first-order chi connectivity index (χ1) is 5.61. The van der Waals surface area contributed by atoms with Crippen LogP contribution in [-0.4, -0.2) is 37.6 Å². The van der Waals surface area contributed by atoms with Crippen LogP contribution < -0.4 is 0 Å². The number of rotatable bonds is 1. The van der Waals surface area contributed by atoms with E-state index in [1.165, 1.54) is 0 Å². The predicted molar refractivity (Wildman–Crippen MR) is 46.8 cm³/mol. The van der Waals surface area contributed by atoms with Gasteiger partial charge in [-0.2, -0.15) is 0 Å². The fourth-order valence-electron chi connectivity index (χ4n) is 1.37. The Hall–Kier alpha value is -0.570. The third-order valence-corrected chi connectivity index (χ3v) is 2.22. The Bertz CT molecular complexity index is 160. The SMILES string of the molecule is CC1CCC(C(=O)N(C)C)OC1. The lowest BCUT2D eigenvalue weighted by Crippen LogP contribution is -2.39. The van der Waals surface area contributed by atoms with Gasteiger partial charge in [0.25, 0.3) is 5.91 Å². The van der Waals surface area contributed by atoms with E-state index in [0.717, 1.165) is 19.4 Å². The summed E-state index contributed by atoms with van der Waals surface area (Å²) in [5, 5.41) is 0. The van der Waals surface area contributed by atoms with E-state index in [0.29, 0.717) is 5.92 Å². The molecule has 0 aromatic carbocycles. The monoisotopic (exact) mass is 171 g/mol. The molecule has 1 aliphatic rings. The van der Waals surface area contributed by atoms with Crippen molar-refractivity contribution in [2.24, 2.45) is 5.92 Å². The number of carbonyl (C=O) groups excluding carboxylic acids is 1. The second kappa shape index (κ2) is 3.90. The average molecular weight is 171 g/mol. The summed E-state index contributed by atoms with van der Waals surface area (Å²) in [6.45, 7) is 2.88. The topological polar surface area (TPSA) is 29.5 Å². The van der Waals surface area contributed by atoms with Gasteiger partial charge in [-0.1, -0.05) is 6.92 Å². The lowest BCUT2D eigenvalue weighted by molar-refractivity contribution is -0.145. The summed E-state index contributed by atoms with van der Waals surface area (Å²) in [6.07, 6.45) is 1.79. The normalized spacial score (nSPS) is 29.9. The van der Waals surface area contributed by atoms with Crippen molar-refractivity contribution in [2.75, 3.05) is 20.7 Å². The number of carbonyl (C=O) groups is 1. The molecule has 1 saturated heterocycles. The number of hydrogen-bond acceptors (Lipinski definition) is 2. The van der Waals surface area contributed by atoms with Gasteiger partial charge in [0.05, 0.1) is 6.61 Å². The molecule has 0 saturated carbocycles. The molecule has 2 atom stereocenters. The Balaban J connectivity index is 2.39. The van der Waals surface area contributed by atoms with Gasteiger partial charge in [-0.25, -0.2) is 0 Å². The minimum atomic E-state index is -0.184. The van der Waals surface area contributed by atoms with Gasteiger partial charge in [-0.05, 0) is 18.8 Å². The van der Waals surface area contributed by atoms with Crippen LogP contribution in [0, 0.1) is 5.92 Å². The Labute approximate surface area is 73.7 Å². The summed E-state index contributed by atoms with van der Waals surface area (Å²) in [4.78, 5) is 13.0. The van der Waals surface area contributed by atoms with Crippen molar-refractivity contribution >= 4 is 5.91 Å². The molecule has 0 radical (unpaired) electrons. The van der Waals surface area contributed by atoms with Crippen molar-refractivity contribution in [2.45, 2.75) is 25.9 Å². The van der Waals surface area contributed by atoms with Crippen LogP contribution >= 0.6 is 0 Å². The second-order valence-electron chi connectivity index (χ2n) is 3.74. The van der Waals surface area contributed by atoms with Gasteiger partial charge in [-0.3, -0.25) is 4.79 Å². The van der Waals surface area contributed by atoms with E-state index >= 15 is 0 Å². The molecule has 3 heteroatoms. The quantitative estimate of drug-likeness (QED) is 0.586. The largest absolute Gasteiger partial charge is 0.368 e. The van der Waals surface area contributed by atoms with E-state index in [1.54, 1.807) is 19.0 Å². The molecule has 0 aromatic heterocycles. The number of amides is 1. The Morgan fingerprint density at radius 1 is 1.42 bits per heavy atom. The summed E-state index contributed by atoms with van der Waals surface area (Å²) < 4.78 is 5.42. The molecular formula is C9H17NO2. The third kappa shape index (κ3) is 2.21. The molecule has 0 aromatic rings. The summed E-state index contributed by atoms with van der Waals surface area (Å²) >= 11 is 0. The van der Waals surface area contributed by atoms with E-state index in [1.807, 2.05) is 0 Å². The summed E-state index contributed by atoms with van der Waals surface area (Å²) in [6, 6.07) is 0. The summed E-state index contributed by atoms with van der Waals surface area (Å²) in [5.41, 5.74) is 0. The fraction of sp³-hybridized carbons (Fsp3) is 0.889. The minimum Gasteiger partial charge on any atom is -0.368 e. The molecule has 70 valence electrons.